The Bertz CT molecular complexity index is 654. The number of anilines is 1. The Morgan fingerprint density at radius 1 is 1.30 bits per heavy atom. The molecule has 0 unspecified atom stereocenters. The van der Waals surface area contributed by atoms with E-state index in [0.717, 1.165) is 31.2 Å². The van der Waals surface area contributed by atoms with Gasteiger partial charge in [0, 0.05) is 18.3 Å². The number of nitrogens with one attached hydrogen (secondary N) is 1. The number of hydrogen-bond acceptors (Lipinski definition) is 3. The second kappa shape index (κ2) is 8.43. The molecule has 1 aromatic carbocycles. The van der Waals surface area contributed by atoms with Crippen molar-refractivity contribution in [3.63, 3.8) is 0 Å². The first-order valence-electron chi connectivity index (χ1n) is 7.91. The maximum atomic E-state index is 14.2. The predicted octanol–water partition coefficient (Wildman–Crippen LogP) is 3.17. The van der Waals surface area contributed by atoms with Crippen LogP contribution >= 0.6 is 0 Å². The Hall–Kier alpha value is -2.21. The molecule has 0 aliphatic heterocycles. The van der Waals surface area contributed by atoms with E-state index in [9.17, 15) is 9.18 Å². The molecule has 0 atom stereocenters. The zero-order chi connectivity index (χ0) is 16.7. The number of aromatic nitrogens is 2. The standard InChI is InChI=1S/C17H23FN4O/c1-13-11-20-22(12-13)16-8-7-14(10-15(16)18)21-17(23)6-4-2-3-5-9-19/h7-8,10-12H,2-6,9,19H2,1H3,(H,21,23). The van der Waals surface area contributed by atoms with Crippen LogP contribution in [-0.4, -0.2) is 22.2 Å². The van der Waals surface area contributed by atoms with Gasteiger partial charge in [-0.25, -0.2) is 9.07 Å². The number of unbranched alkanes of at least 4 members (excludes halogenated alkanes) is 3. The quantitative estimate of drug-likeness (QED) is 0.734. The third kappa shape index (κ3) is 5.17. The number of nitrogens with zero attached hydrogens (tertiary/aromatic N) is 2. The zero-order valence-corrected chi connectivity index (χ0v) is 13.4. The first-order chi connectivity index (χ1) is 11.1. The molecule has 2 aromatic rings. The molecule has 0 saturated carbocycles. The highest BCUT2D eigenvalue weighted by Crippen LogP contribution is 2.18. The zero-order valence-electron chi connectivity index (χ0n) is 13.4. The second-order valence-electron chi connectivity index (χ2n) is 5.63. The van der Waals surface area contributed by atoms with Crippen LogP contribution in [0.1, 0.15) is 37.7 Å². The molecule has 0 aliphatic rings. The van der Waals surface area contributed by atoms with Gasteiger partial charge in [-0.05, 0) is 50.1 Å². The lowest BCUT2D eigenvalue weighted by Gasteiger charge is -2.08. The van der Waals surface area contributed by atoms with Crippen LogP contribution in [0.25, 0.3) is 5.69 Å². The van der Waals surface area contributed by atoms with Crippen LogP contribution in [0.5, 0.6) is 0 Å². The number of benzene rings is 1. The van der Waals surface area contributed by atoms with E-state index in [0.29, 0.717) is 24.3 Å². The average Bonchev–Trinajstić information content (AvgIpc) is 2.93. The molecule has 2 rings (SSSR count). The third-order valence-corrected chi connectivity index (χ3v) is 3.55. The number of hydrogen-bond donors (Lipinski definition) is 2. The van der Waals surface area contributed by atoms with Crippen molar-refractivity contribution in [2.45, 2.75) is 39.0 Å². The highest BCUT2D eigenvalue weighted by atomic mass is 19.1. The first-order valence-corrected chi connectivity index (χ1v) is 7.91. The maximum absolute atomic E-state index is 14.2. The van der Waals surface area contributed by atoms with Crippen molar-refractivity contribution in [3.8, 4) is 5.69 Å². The fraction of sp³-hybridized carbons (Fsp3) is 0.412. The topological polar surface area (TPSA) is 72.9 Å². The molecule has 1 aromatic heterocycles. The van der Waals surface area contributed by atoms with E-state index in [1.807, 2.05) is 6.92 Å². The van der Waals surface area contributed by atoms with Gasteiger partial charge in [0.15, 0.2) is 5.82 Å². The summed E-state index contributed by atoms with van der Waals surface area (Å²) in [5.41, 5.74) is 7.20. The van der Waals surface area contributed by atoms with E-state index in [1.54, 1.807) is 24.5 Å². The smallest absolute Gasteiger partial charge is 0.224 e. The molecule has 0 aliphatic carbocycles. The summed E-state index contributed by atoms with van der Waals surface area (Å²) in [6, 6.07) is 4.61. The Balaban J connectivity index is 1.89. The number of nitrogens with two attached hydrogens (primary N) is 1. The van der Waals surface area contributed by atoms with E-state index < -0.39 is 5.82 Å². The van der Waals surface area contributed by atoms with Crippen molar-refractivity contribution >= 4 is 11.6 Å². The van der Waals surface area contributed by atoms with Crippen LogP contribution in [0.3, 0.4) is 0 Å². The summed E-state index contributed by atoms with van der Waals surface area (Å²) in [7, 11) is 0. The summed E-state index contributed by atoms with van der Waals surface area (Å²) in [5.74, 6) is -0.520. The van der Waals surface area contributed by atoms with Gasteiger partial charge < -0.3 is 11.1 Å². The number of amides is 1. The molecule has 5 nitrogen and oxygen atoms in total. The van der Waals surface area contributed by atoms with E-state index in [1.165, 1.54) is 10.7 Å². The number of carbonyl (C=O) groups is 1. The molecular formula is C17H23FN4O. The molecule has 23 heavy (non-hydrogen) atoms. The van der Waals surface area contributed by atoms with Crippen LogP contribution in [0.15, 0.2) is 30.6 Å². The summed E-state index contributed by atoms with van der Waals surface area (Å²) in [5, 5.41) is 6.81. The predicted molar refractivity (Wildman–Crippen MR) is 89.0 cm³/mol. The fourth-order valence-electron chi connectivity index (χ4n) is 2.32. The third-order valence-electron chi connectivity index (χ3n) is 3.55. The van der Waals surface area contributed by atoms with Gasteiger partial charge in [-0.15, -0.1) is 0 Å². The van der Waals surface area contributed by atoms with Crippen LogP contribution in [-0.2, 0) is 4.79 Å². The van der Waals surface area contributed by atoms with Gasteiger partial charge in [0.25, 0.3) is 0 Å². The van der Waals surface area contributed by atoms with Gasteiger partial charge in [0.2, 0.25) is 5.91 Å². The van der Waals surface area contributed by atoms with Crippen molar-refractivity contribution in [2.75, 3.05) is 11.9 Å². The van der Waals surface area contributed by atoms with Crippen LogP contribution in [0.4, 0.5) is 10.1 Å². The van der Waals surface area contributed by atoms with Gasteiger partial charge >= 0.3 is 0 Å². The summed E-state index contributed by atoms with van der Waals surface area (Å²) in [4.78, 5) is 11.8. The van der Waals surface area contributed by atoms with Crippen LogP contribution in [0.2, 0.25) is 0 Å². The minimum Gasteiger partial charge on any atom is -0.330 e. The molecule has 1 amide bonds. The lowest BCUT2D eigenvalue weighted by Crippen LogP contribution is -2.11. The van der Waals surface area contributed by atoms with E-state index in [2.05, 4.69) is 10.4 Å². The van der Waals surface area contributed by atoms with E-state index in [-0.39, 0.29) is 5.91 Å². The fourth-order valence-corrected chi connectivity index (χ4v) is 2.32. The lowest BCUT2D eigenvalue weighted by atomic mass is 10.1. The molecule has 0 saturated heterocycles. The van der Waals surface area contributed by atoms with E-state index >= 15 is 0 Å². The first kappa shape index (κ1) is 17.1. The Morgan fingerprint density at radius 2 is 2.09 bits per heavy atom. The second-order valence-corrected chi connectivity index (χ2v) is 5.63. The van der Waals surface area contributed by atoms with Crippen molar-refractivity contribution in [3.05, 3.63) is 42.0 Å². The van der Waals surface area contributed by atoms with Crippen molar-refractivity contribution in [1.29, 1.82) is 0 Å². The molecule has 0 fully saturated rings. The van der Waals surface area contributed by atoms with Crippen molar-refractivity contribution < 1.29 is 9.18 Å². The molecule has 0 bridgehead atoms. The number of rotatable bonds is 8. The summed E-state index contributed by atoms with van der Waals surface area (Å²) < 4.78 is 15.6. The number of carbonyl (C=O) groups excluding carboxylic acids is 1. The monoisotopic (exact) mass is 318 g/mol. The molecule has 0 spiro atoms. The molecule has 124 valence electrons. The molecule has 1 heterocycles. The normalized spacial score (nSPS) is 10.7. The van der Waals surface area contributed by atoms with Crippen molar-refractivity contribution in [2.24, 2.45) is 5.73 Å². The number of aryl methyl sites for hydroxylation is 1. The molecule has 0 radical (unpaired) electrons. The van der Waals surface area contributed by atoms with Crippen molar-refractivity contribution in [1.82, 2.24) is 9.78 Å². The van der Waals surface area contributed by atoms with Gasteiger partial charge in [0.1, 0.15) is 5.69 Å². The lowest BCUT2D eigenvalue weighted by molar-refractivity contribution is -0.116. The molecule has 3 N–H and O–H groups in total. The summed E-state index contributed by atoms with van der Waals surface area (Å²) in [6.45, 7) is 2.58. The van der Waals surface area contributed by atoms with Gasteiger partial charge in [-0.3, -0.25) is 4.79 Å². The molecular weight excluding hydrogens is 295 g/mol. The van der Waals surface area contributed by atoms with E-state index in [4.69, 9.17) is 5.73 Å². The highest BCUT2D eigenvalue weighted by molar-refractivity contribution is 5.90. The molecule has 6 heteroatoms. The summed E-state index contributed by atoms with van der Waals surface area (Å²) in [6.07, 6.45) is 7.68. The largest absolute Gasteiger partial charge is 0.330 e. The van der Waals surface area contributed by atoms with Gasteiger partial charge in [-0.2, -0.15) is 5.10 Å². The highest BCUT2D eigenvalue weighted by Gasteiger charge is 2.09. The van der Waals surface area contributed by atoms with Crippen LogP contribution < -0.4 is 11.1 Å². The van der Waals surface area contributed by atoms with Gasteiger partial charge in [0.05, 0.1) is 6.20 Å². The van der Waals surface area contributed by atoms with Crippen LogP contribution in [0, 0.1) is 12.7 Å². The Morgan fingerprint density at radius 3 is 2.74 bits per heavy atom. The number of halogens is 1. The summed E-state index contributed by atoms with van der Waals surface area (Å²) >= 11 is 0. The SMILES string of the molecule is Cc1cnn(-c2ccc(NC(=O)CCCCCCN)cc2F)c1. The minimum atomic E-state index is -0.422. The minimum absolute atomic E-state index is 0.0974. The average molecular weight is 318 g/mol. The Labute approximate surface area is 135 Å². The maximum Gasteiger partial charge on any atom is 0.224 e. The van der Waals surface area contributed by atoms with Gasteiger partial charge in [-0.1, -0.05) is 12.8 Å². The Kier molecular flexibility index (Phi) is 6.29.